The van der Waals surface area contributed by atoms with Gasteiger partial charge in [-0.3, -0.25) is 4.79 Å². The monoisotopic (exact) mass is 236 g/mol. The molecule has 0 aliphatic heterocycles. The van der Waals surface area contributed by atoms with Gasteiger partial charge >= 0.3 is 0 Å². The molecule has 0 bridgehead atoms. The van der Waals surface area contributed by atoms with Gasteiger partial charge in [-0.1, -0.05) is 0 Å². The van der Waals surface area contributed by atoms with E-state index in [9.17, 15) is 4.79 Å². The first kappa shape index (κ1) is 10.5. The highest BCUT2D eigenvalue weighted by molar-refractivity contribution is 7.99. The lowest BCUT2D eigenvalue weighted by molar-refractivity contribution is 0.0997. The van der Waals surface area contributed by atoms with Crippen molar-refractivity contribution in [1.29, 1.82) is 0 Å². The van der Waals surface area contributed by atoms with Crippen molar-refractivity contribution in [2.75, 3.05) is 5.73 Å². The van der Waals surface area contributed by atoms with E-state index in [1.807, 2.05) is 0 Å². The smallest absolute Gasteiger partial charge is 0.261 e. The van der Waals surface area contributed by atoms with Crippen LogP contribution in [0.3, 0.4) is 0 Å². The number of hydrogen-bond donors (Lipinski definition) is 2. The Morgan fingerprint density at radius 2 is 2.25 bits per heavy atom. The Labute approximate surface area is 95.1 Å². The van der Waals surface area contributed by atoms with E-state index in [1.165, 1.54) is 24.7 Å². The highest BCUT2D eigenvalue weighted by Gasteiger charge is 2.13. The van der Waals surface area contributed by atoms with Crippen LogP contribution < -0.4 is 11.5 Å². The topological polar surface area (TPSA) is 108 Å². The first-order valence-electron chi connectivity index (χ1n) is 4.29. The van der Waals surface area contributed by atoms with Gasteiger partial charge in [0, 0.05) is 0 Å². The molecular formula is C9H8N4O2S. The fourth-order valence-electron chi connectivity index (χ4n) is 1.07. The van der Waals surface area contributed by atoms with E-state index >= 15 is 0 Å². The summed E-state index contributed by atoms with van der Waals surface area (Å²) < 4.78 is 5.03. The molecule has 0 aromatic carbocycles. The third-order valence-electron chi connectivity index (χ3n) is 1.73. The van der Waals surface area contributed by atoms with Crippen LogP contribution in [-0.2, 0) is 0 Å². The van der Waals surface area contributed by atoms with Gasteiger partial charge in [0.25, 0.3) is 11.1 Å². The predicted octanol–water partition coefficient (Wildman–Crippen LogP) is 0.902. The second-order valence-electron chi connectivity index (χ2n) is 2.89. The van der Waals surface area contributed by atoms with Gasteiger partial charge in [0.2, 0.25) is 0 Å². The highest BCUT2D eigenvalue weighted by Crippen LogP contribution is 2.27. The number of carbonyl (C=O) groups is 1. The number of aromatic nitrogens is 2. The molecule has 4 N–H and O–H groups in total. The molecule has 0 aliphatic carbocycles. The molecule has 0 saturated carbocycles. The van der Waals surface area contributed by atoms with Gasteiger partial charge in [0.05, 0.1) is 23.6 Å². The van der Waals surface area contributed by atoms with E-state index in [1.54, 1.807) is 0 Å². The Balaban J connectivity index is 2.36. The number of nitrogens with two attached hydrogens (primary N) is 2. The number of primary amides is 1. The van der Waals surface area contributed by atoms with Gasteiger partial charge in [-0.2, -0.15) is 0 Å². The molecule has 0 atom stereocenters. The maximum absolute atomic E-state index is 11.2. The summed E-state index contributed by atoms with van der Waals surface area (Å²) in [7, 11) is 0. The SMILES string of the molecule is NC(=O)c1cc(N)cnc1Sc1ncco1. The van der Waals surface area contributed by atoms with E-state index in [-0.39, 0.29) is 5.56 Å². The quantitative estimate of drug-likeness (QED) is 0.819. The lowest BCUT2D eigenvalue weighted by atomic mass is 10.2. The number of oxazole rings is 1. The van der Waals surface area contributed by atoms with E-state index in [0.717, 1.165) is 11.8 Å². The minimum Gasteiger partial charge on any atom is -0.440 e. The maximum atomic E-state index is 11.2. The second-order valence-corrected chi connectivity index (χ2v) is 3.83. The molecule has 0 spiro atoms. The Kier molecular flexibility index (Phi) is 2.78. The lowest BCUT2D eigenvalue weighted by Gasteiger charge is -2.03. The van der Waals surface area contributed by atoms with Crippen LogP contribution in [0.5, 0.6) is 0 Å². The number of nitrogens with zero attached hydrogens (tertiary/aromatic N) is 2. The van der Waals surface area contributed by atoms with Crippen LogP contribution >= 0.6 is 11.8 Å². The van der Waals surface area contributed by atoms with Crippen LogP contribution in [0.1, 0.15) is 10.4 Å². The summed E-state index contributed by atoms with van der Waals surface area (Å²) in [5, 5.41) is 0.809. The van der Waals surface area contributed by atoms with Crippen molar-refractivity contribution in [3.8, 4) is 0 Å². The van der Waals surface area contributed by atoms with Crippen molar-refractivity contribution in [3.05, 3.63) is 30.3 Å². The summed E-state index contributed by atoms with van der Waals surface area (Å²) in [5.74, 6) is -0.589. The second kappa shape index (κ2) is 4.23. The van der Waals surface area contributed by atoms with Gasteiger partial charge in [0.15, 0.2) is 0 Å². The van der Waals surface area contributed by atoms with Crippen molar-refractivity contribution < 1.29 is 9.21 Å². The summed E-state index contributed by atoms with van der Waals surface area (Å²) in [6.07, 6.45) is 4.38. The van der Waals surface area contributed by atoms with E-state index in [0.29, 0.717) is 15.9 Å². The Bertz CT molecular complexity index is 512. The van der Waals surface area contributed by atoms with E-state index in [4.69, 9.17) is 15.9 Å². The van der Waals surface area contributed by atoms with Crippen LogP contribution in [0.4, 0.5) is 5.69 Å². The Hall–Kier alpha value is -2.02. The largest absolute Gasteiger partial charge is 0.440 e. The summed E-state index contributed by atoms with van der Waals surface area (Å²) in [4.78, 5) is 19.1. The predicted molar refractivity (Wildman–Crippen MR) is 57.8 cm³/mol. The molecule has 6 nitrogen and oxygen atoms in total. The standard InChI is InChI=1S/C9H8N4O2S/c10-5-3-6(7(11)14)8(13-4-5)16-9-12-1-2-15-9/h1-4H,10H2,(H2,11,14). The minimum atomic E-state index is -0.589. The zero-order valence-electron chi connectivity index (χ0n) is 8.08. The molecule has 2 aromatic rings. The van der Waals surface area contributed by atoms with Gasteiger partial charge < -0.3 is 15.9 Å². The average Bonchev–Trinajstić information content (AvgIpc) is 2.73. The van der Waals surface area contributed by atoms with Crippen molar-refractivity contribution in [3.63, 3.8) is 0 Å². The third kappa shape index (κ3) is 2.14. The first-order valence-corrected chi connectivity index (χ1v) is 5.11. The summed E-state index contributed by atoms with van der Waals surface area (Å²) in [6, 6.07) is 1.47. The van der Waals surface area contributed by atoms with Crippen molar-refractivity contribution in [1.82, 2.24) is 9.97 Å². The number of pyridine rings is 1. The van der Waals surface area contributed by atoms with Crippen molar-refractivity contribution in [2.45, 2.75) is 10.2 Å². The summed E-state index contributed by atoms with van der Waals surface area (Å²) >= 11 is 1.11. The molecule has 7 heteroatoms. The summed E-state index contributed by atoms with van der Waals surface area (Å²) in [6.45, 7) is 0. The number of carbonyl (C=O) groups excluding carboxylic acids is 1. The van der Waals surface area contributed by atoms with Gasteiger partial charge in [-0.25, -0.2) is 9.97 Å². The highest BCUT2D eigenvalue weighted by atomic mass is 32.2. The van der Waals surface area contributed by atoms with Crippen LogP contribution in [0.25, 0.3) is 0 Å². The van der Waals surface area contributed by atoms with Crippen molar-refractivity contribution >= 4 is 23.4 Å². The van der Waals surface area contributed by atoms with E-state index < -0.39 is 5.91 Å². The fourth-order valence-corrected chi connectivity index (χ4v) is 1.83. The number of amides is 1. The number of rotatable bonds is 3. The molecule has 0 fully saturated rings. The molecule has 0 aliphatic rings. The van der Waals surface area contributed by atoms with Crippen LogP contribution in [0.15, 0.2) is 39.4 Å². The number of hydrogen-bond acceptors (Lipinski definition) is 6. The van der Waals surface area contributed by atoms with Crippen LogP contribution in [0, 0.1) is 0 Å². The zero-order valence-corrected chi connectivity index (χ0v) is 8.90. The summed E-state index contributed by atoms with van der Waals surface area (Å²) in [5.41, 5.74) is 11.4. The first-order chi connectivity index (χ1) is 7.66. The zero-order chi connectivity index (χ0) is 11.5. The molecule has 1 amide bonds. The Morgan fingerprint density at radius 1 is 1.44 bits per heavy atom. The number of anilines is 1. The molecule has 2 rings (SSSR count). The number of nitrogen functional groups attached to an aromatic ring is 1. The molecule has 2 aromatic heterocycles. The third-order valence-corrected chi connectivity index (χ3v) is 2.63. The van der Waals surface area contributed by atoms with Crippen molar-refractivity contribution in [2.24, 2.45) is 5.73 Å². The van der Waals surface area contributed by atoms with Gasteiger partial charge in [-0.15, -0.1) is 0 Å². The Morgan fingerprint density at radius 3 is 2.88 bits per heavy atom. The minimum absolute atomic E-state index is 0.253. The molecule has 0 unspecified atom stereocenters. The molecule has 2 heterocycles. The van der Waals surface area contributed by atoms with Crippen LogP contribution in [0.2, 0.25) is 0 Å². The van der Waals surface area contributed by atoms with Crippen LogP contribution in [-0.4, -0.2) is 15.9 Å². The van der Waals surface area contributed by atoms with E-state index in [2.05, 4.69) is 9.97 Å². The molecular weight excluding hydrogens is 228 g/mol. The molecule has 82 valence electrons. The fraction of sp³-hybridized carbons (Fsp3) is 0. The normalized spacial score (nSPS) is 10.2. The average molecular weight is 236 g/mol. The molecule has 0 radical (unpaired) electrons. The lowest BCUT2D eigenvalue weighted by Crippen LogP contribution is -2.13. The van der Waals surface area contributed by atoms with Gasteiger partial charge in [0.1, 0.15) is 11.3 Å². The molecule has 0 saturated heterocycles. The van der Waals surface area contributed by atoms with Gasteiger partial charge in [-0.05, 0) is 17.8 Å². The molecule has 16 heavy (non-hydrogen) atoms. The maximum Gasteiger partial charge on any atom is 0.261 e.